The normalized spacial score (nSPS) is 11.2. The van der Waals surface area contributed by atoms with E-state index in [9.17, 15) is 9.18 Å². The third-order valence-corrected chi connectivity index (χ3v) is 5.73. The number of halogens is 1. The van der Waals surface area contributed by atoms with Crippen LogP contribution in [-0.2, 0) is 4.84 Å². The quantitative estimate of drug-likeness (QED) is 0.136. The average molecular weight is 524 g/mol. The smallest absolute Gasteiger partial charge is 0.369 e. The van der Waals surface area contributed by atoms with Gasteiger partial charge in [-0.3, -0.25) is 0 Å². The van der Waals surface area contributed by atoms with E-state index in [1.54, 1.807) is 42.5 Å². The predicted molar refractivity (Wildman–Crippen MR) is 143 cm³/mol. The zero-order chi connectivity index (χ0) is 27.2. The summed E-state index contributed by atoms with van der Waals surface area (Å²) in [6.45, 7) is 0. The Morgan fingerprint density at radius 1 is 0.769 bits per heavy atom. The lowest BCUT2D eigenvalue weighted by Crippen LogP contribution is -2.09. The number of rotatable bonds is 8. The zero-order valence-electron chi connectivity index (χ0n) is 21.0. The molecule has 0 radical (unpaired) electrons. The zero-order valence-corrected chi connectivity index (χ0v) is 21.0. The Hall–Kier alpha value is -5.31. The summed E-state index contributed by atoms with van der Waals surface area (Å²) in [4.78, 5) is 27.2. The number of aromatic nitrogens is 2. The van der Waals surface area contributed by atoms with Crippen molar-refractivity contribution in [2.45, 2.75) is 0 Å². The number of methoxy groups -OCH3 is 2. The van der Waals surface area contributed by atoms with E-state index in [-0.39, 0.29) is 34.8 Å². The van der Waals surface area contributed by atoms with Crippen LogP contribution in [0.2, 0.25) is 0 Å². The highest BCUT2D eigenvalue weighted by Gasteiger charge is 2.21. The Bertz CT molecular complexity index is 1650. The molecule has 0 amide bonds. The molecule has 8 nitrogen and oxygen atoms in total. The van der Waals surface area contributed by atoms with Crippen LogP contribution >= 0.6 is 0 Å². The summed E-state index contributed by atoms with van der Waals surface area (Å²) in [6.07, 6.45) is 0. The molecule has 0 aliphatic rings. The number of nitrogens with zero attached hydrogens (tertiary/aromatic N) is 3. The van der Waals surface area contributed by atoms with Crippen LogP contribution in [0.5, 0.6) is 23.5 Å². The van der Waals surface area contributed by atoms with Gasteiger partial charge in [0.15, 0.2) is 5.75 Å². The number of oxime groups is 1. The number of carbonyl (C=O) groups is 1. The second-order valence-electron chi connectivity index (χ2n) is 8.20. The first kappa shape index (κ1) is 25.3. The predicted octanol–water partition coefficient (Wildman–Crippen LogP) is 6.19. The fourth-order valence-corrected chi connectivity index (χ4v) is 3.88. The Kier molecular flexibility index (Phi) is 7.40. The van der Waals surface area contributed by atoms with Gasteiger partial charge in [-0.1, -0.05) is 78.0 Å². The van der Waals surface area contributed by atoms with Gasteiger partial charge in [-0.2, -0.15) is 9.97 Å². The van der Waals surface area contributed by atoms with Gasteiger partial charge in [-0.15, -0.1) is 0 Å². The molecule has 0 atom stereocenters. The number of benzene rings is 4. The molecule has 0 unspecified atom stereocenters. The van der Waals surface area contributed by atoms with E-state index in [0.717, 1.165) is 5.39 Å². The van der Waals surface area contributed by atoms with Gasteiger partial charge in [0.2, 0.25) is 11.8 Å². The van der Waals surface area contributed by atoms with E-state index < -0.39 is 11.8 Å². The SMILES string of the molecule is COc1cc(OC)nc(Oc2c(C(=O)O/N=C(\c3ccccc3)c3cccc(F)c3)ccc3ccccc23)n1. The number of hydrogen-bond acceptors (Lipinski definition) is 8. The van der Waals surface area contributed by atoms with Crippen molar-refractivity contribution in [3.63, 3.8) is 0 Å². The fraction of sp³-hybridized carbons (Fsp3) is 0.0667. The van der Waals surface area contributed by atoms with Crippen molar-refractivity contribution < 1.29 is 28.2 Å². The number of carbonyl (C=O) groups excluding carboxylic acids is 1. The molecule has 1 aromatic heterocycles. The van der Waals surface area contributed by atoms with Gasteiger partial charge in [0.1, 0.15) is 17.1 Å². The summed E-state index contributed by atoms with van der Waals surface area (Å²) < 4.78 is 30.5. The molecule has 4 aromatic carbocycles. The largest absolute Gasteiger partial charge is 0.481 e. The molecule has 0 bridgehead atoms. The number of hydrogen-bond donors (Lipinski definition) is 0. The molecular formula is C30H22FN3O5. The third-order valence-electron chi connectivity index (χ3n) is 5.73. The lowest BCUT2D eigenvalue weighted by atomic mass is 10.0. The molecule has 0 saturated carbocycles. The van der Waals surface area contributed by atoms with E-state index in [1.807, 2.05) is 36.4 Å². The Balaban J connectivity index is 1.56. The molecule has 0 saturated heterocycles. The summed E-state index contributed by atoms with van der Waals surface area (Å²) >= 11 is 0. The van der Waals surface area contributed by atoms with Crippen LogP contribution in [0.1, 0.15) is 21.5 Å². The minimum Gasteiger partial charge on any atom is -0.481 e. The van der Waals surface area contributed by atoms with Gasteiger partial charge in [0, 0.05) is 16.5 Å². The van der Waals surface area contributed by atoms with Crippen molar-refractivity contribution in [1.82, 2.24) is 9.97 Å². The molecule has 39 heavy (non-hydrogen) atoms. The maximum Gasteiger partial charge on any atom is 0.369 e. The van der Waals surface area contributed by atoms with E-state index in [2.05, 4.69) is 15.1 Å². The minimum absolute atomic E-state index is 0.0782. The first-order chi connectivity index (χ1) is 19.1. The van der Waals surface area contributed by atoms with Crippen LogP contribution in [0, 0.1) is 5.82 Å². The number of ether oxygens (including phenoxy) is 3. The average Bonchev–Trinajstić information content (AvgIpc) is 2.97. The van der Waals surface area contributed by atoms with Crippen LogP contribution in [0.25, 0.3) is 10.8 Å². The molecule has 1 heterocycles. The van der Waals surface area contributed by atoms with Gasteiger partial charge < -0.3 is 19.0 Å². The highest BCUT2D eigenvalue weighted by Crippen LogP contribution is 2.34. The lowest BCUT2D eigenvalue weighted by molar-refractivity contribution is 0.0514. The Morgan fingerprint density at radius 3 is 2.18 bits per heavy atom. The van der Waals surface area contributed by atoms with E-state index in [0.29, 0.717) is 16.5 Å². The minimum atomic E-state index is -0.796. The highest BCUT2D eigenvalue weighted by atomic mass is 19.1. The molecule has 0 fully saturated rings. The molecular weight excluding hydrogens is 501 g/mol. The van der Waals surface area contributed by atoms with Crippen molar-refractivity contribution in [3.05, 3.63) is 120 Å². The summed E-state index contributed by atoms with van der Waals surface area (Å²) in [5.41, 5.74) is 1.45. The molecule has 5 rings (SSSR count). The summed E-state index contributed by atoms with van der Waals surface area (Å²) in [7, 11) is 2.90. The highest BCUT2D eigenvalue weighted by molar-refractivity contribution is 6.13. The molecule has 194 valence electrons. The van der Waals surface area contributed by atoms with Gasteiger partial charge in [-0.25, -0.2) is 9.18 Å². The Morgan fingerprint density at radius 2 is 1.46 bits per heavy atom. The standard InChI is InChI=1S/C30H22FN3O5/c1-36-25-18-26(37-2)33-30(32-25)38-28-23-14-7-6-9-19(23)15-16-24(28)29(35)39-34-27(20-10-4-3-5-11-20)21-12-8-13-22(31)17-21/h3-18H,1-2H3/b34-27+. The molecule has 0 spiro atoms. The number of fused-ring (bicyclic) bond motifs is 1. The topological polar surface area (TPSA) is 92.1 Å². The van der Waals surface area contributed by atoms with Crippen LogP contribution in [-0.4, -0.2) is 35.9 Å². The maximum absolute atomic E-state index is 14.0. The fourth-order valence-electron chi connectivity index (χ4n) is 3.88. The van der Waals surface area contributed by atoms with E-state index >= 15 is 0 Å². The lowest BCUT2D eigenvalue weighted by Gasteiger charge is -2.13. The van der Waals surface area contributed by atoms with Crippen LogP contribution in [0.3, 0.4) is 0 Å². The molecule has 0 N–H and O–H groups in total. The van der Waals surface area contributed by atoms with Crippen LogP contribution in [0.4, 0.5) is 4.39 Å². The third kappa shape index (κ3) is 5.67. The second kappa shape index (κ2) is 11.4. The van der Waals surface area contributed by atoms with Crippen molar-refractivity contribution >= 4 is 22.5 Å². The summed E-state index contributed by atoms with van der Waals surface area (Å²) in [5, 5.41) is 5.57. The first-order valence-corrected chi connectivity index (χ1v) is 11.8. The molecule has 5 aromatic rings. The van der Waals surface area contributed by atoms with Crippen LogP contribution < -0.4 is 14.2 Å². The monoisotopic (exact) mass is 523 g/mol. The first-order valence-electron chi connectivity index (χ1n) is 11.8. The van der Waals surface area contributed by atoms with Crippen molar-refractivity contribution in [1.29, 1.82) is 0 Å². The van der Waals surface area contributed by atoms with Gasteiger partial charge >= 0.3 is 12.0 Å². The summed E-state index contributed by atoms with van der Waals surface area (Å²) in [5.74, 6) is -0.644. The van der Waals surface area contributed by atoms with E-state index in [4.69, 9.17) is 19.0 Å². The Labute approximate surface area is 223 Å². The molecule has 0 aliphatic heterocycles. The maximum atomic E-state index is 14.0. The van der Waals surface area contributed by atoms with Gasteiger partial charge in [-0.05, 0) is 23.6 Å². The van der Waals surface area contributed by atoms with E-state index in [1.165, 1.54) is 32.4 Å². The molecule has 0 aliphatic carbocycles. The summed E-state index contributed by atoms with van der Waals surface area (Å²) in [6, 6.07) is 27.0. The molecule has 9 heteroatoms. The van der Waals surface area contributed by atoms with Crippen molar-refractivity contribution in [3.8, 4) is 23.5 Å². The van der Waals surface area contributed by atoms with Crippen LogP contribution in [0.15, 0.2) is 102 Å². The van der Waals surface area contributed by atoms with Gasteiger partial charge in [0.05, 0.1) is 20.3 Å². The van der Waals surface area contributed by atoms with Crippen molar-refractivity contribution in [2.75, 3.05) is 14.2 Å². The van der Waals surface area contributed by atoms with Gasteiger partial charge in [0.25, 0.3) is 0 Å². The van der Waals surface area contributed by atoms with Crippen molar-refractivity contribution in [2.24, 2.45) is 5.16 Å². The second-order valence-corrected chi connectivity index (χ2v) is 8.20.